The third-order valence-corrected chi connectivity index (χ3v) is 5.53. The second-order valence-electron chi connectivity index (χ2n) is 6.88. The van der Waals surface area contributed by atoms with E-state index >= 15 is 0 Å². The fraction of sp³-hybridized carbons (Fsp3) is 0.286. The van der Waals surface area contributed by atoms with E-state index in [1.807, 2.05) is 69.9 Å². The van der Waals surface area contributed by atoms with Gasteiger partial charge in [0.25, 0.3) is 0 Å². The minimum Gasteiger partial charge on any atom is -0.294 e. The summed E-state index contributed by atoms with van der Waals surface area (Å²) >= 11 is 5.59. The Morgan fingerprint density at radius 3 is 2.30 bits per heavy atom. The van der Waals surface area contributed by atoms with Crippen molar-refractivity contribution in [1.82, 2.24) is 19.2 Å². The van der Waals surface area contributed by atoms with Crippen LogP contribution in [0.5, 0.6) is 0 Å². The van der Waals surface area contributed by atoms with Crippen molar-refractivity contribution >= 4 is 18.0 Å². The van der Waals surface area contributed by atoms with E-state index in [4.69, 9.17) is 12.2 Å². The molecule has 27 heavy (non-hydrogen) atoms. The molecule has 1 saturated heterocycles. The van der Waals surface area contributed by atoms with Crippen LogP contribution in [-0.2, 0) is 6.67 Å². The third-order valence-electron chi connectivity index (χ3n) is 5.12. The molecule has 0 spiro atoms. The van der Waals surface area contributed by atoms with E-state index in [0.29, 0.717) is 11.4 Å². The molecule has 1 aromatic heterocycles. The molecule has 3 aromatic rings. The first kappa shape index (κ1) is 17.8. The maximum atomic E-state index is 12.6. The summed E-state index contributed by atoms with van der Waals surface area (Å²) in [5.41, 5.74) is 1.83. The monoisotopic (exact) mass is 378 g/mol. The van der Waals surface area contributed by atoms with Gasteiger partial charge in [-0.1, -0.05) is 48.5 Å². The fourth-order valence-electron chi connectivity index (χ4n) is 3.56. The van der Waals surface area contributed by atoms with E-state index in [0.717, 1.165) is 37.2 Å². The molecule has 0 bridgehead atoms. The normalized spacial score (nSPS) is 15.7. The molecule has 0 radical (unpaired) electrons. The van der Waals surface area contributed by atoms with Gasteiger partial charge in [-0.05, 0) is 37.2 Å². The molecule has 1 aliphatic rings. The molecule has 2 aromatic carbocycles. The van der Waals surface area contributed by atoms with Crippen LogP contribution in [0.2, 0.25) is 0 Å². The fourth-order valence-corrected chi connectivity index (χ4v) is 3.82. The van der Waals surface area contributed by atoms with Gasteiger partial charge in [-0.15, -0.1) is 0 Å². The SMILES string of the molecule is O=C(c1ccccc1)C1CCN(Cn2ncn(-c3ccccc3)c2=S)CC1. The van der Waals surface area contributed by atoms with E-state index in [1.165, 1.54) is 0 Å². The van der Waals surface area contributed by atoms with Crippen molar-refractivity contribution in [3.8, 4) is 5.69 Å². The van der Waals surface area contributed by atoms with Crippen molar-refractivity contribution in [1.29, 1.82) is 0 Å². The molecule has 0 atom stereocenters. The van der Waals surface area contributed by atoms with Crippen LogP contribution < -0.4 is 0 Å². The zero-order valence-electron chi connectivity index (χ0n) is 15.1. The number of aromatic nitrogens is 3. The van der Waals surface area contributed by atoms with Gasteiger partial charge in [-0.2, -0.15) is 5.10 Å². The number of hydrogen-bond acceptors (Lipinski definition) is 4. The number of benzene rings is 2. The second kappa shape index (κ2) is 7.98. The smallest absolute Gasteiger partial charge is 0.203 e. The number of hydrogen-bond donors (Lipinski definition) is 0. The summed E-state index contributed by atoms with van der Waals surface area (Å²) in [7, 11) is 0. The van der Waals surface area contributed by atoms with Crippen LogP contribution >= 0.6 is 12.2 Å². The summed E-state index contributed by atoms with van der Waals surface area (Å²) < 4.78 is 4.45. The van der Waals surface area contributed by atoms with Gasteiger partial charge < -0.3 is 0 Å². The molecule has 4 rings (SSSR count). The second-order valence-corrected chi connectivity index (χ2v) is 7.25. The van der Waals surface area contributed by atoms with Gasteiger partial charge in [0.15, 0.2) is 5.78 Å². The van der Waals surface area contributed by atoms with E-state index in [1.54, 1.807) is 6.33 Å². The summed E-state index contributed by atoms with van der Waals surface area (Å²) in [6.07, 6.45) is 3.52. The van der Waals surface area contributed by atoms with Crippen LogP contribution in [0, 0.1) is 10.7 Å². The van der Waals surface area contributed by atoms with Gasteiger partial charge in [0.2, 0.25) is 4.77 Å². The van der Waals surface area contributed by atoms with Gasteiger partial charge >= 0.3 is 0 Å². The summed E-state index contributed by atoms with van der Waals surface area (Å²) in [6, 6.07) is 19.6. The molecule has 0 N–H and O–H groups in total. The van der Waals surface area contributed by atoms with Crippen LogP contribution in [0.1, 0.15) is 23.2 Å². The van der Waals surface area contributed by atoms with Crippen LogP contribution in [0.4, 0.5) is 0 Å². The molecular weight excluding hydrogens is 356 g/mol. The van der Waals surface area contributed by atoms with Crippen LogP contribution in [0.3, 0.4) is 0 Å². The minimum atomic E-state index is 0.110. The highest BCUT2D eigenvalue weighted by Gasteiger charge is 2.26. The number of ketones is 1. The van der Waals surface area contributed by atoms with Crippen LogP contribution in [0.15, 0.2) is 67.0 Å². The molecule has 0 amide bonds. The Hall–Kier alpha value is -2.57. The molecule has 0 aliphatic carbocycles. The zero-order chi connectivity index (χ0) is 18.6. The lowest BCUT2D eigenvalue weighted by atomic mass is 9.89. The maximum Gasteiger partial charge on any atom is 0.203 e. The highest BCUT2D eigenvalue weighted by Crippen LogP contribution is 2.22. The molecule has 1 aliphatic heterocycles. The summed E-state index contributed by atoms with van der Waals surface area (Å²) in [5, 5.41) is 4.45. The standard InChI is InChI=1S/C21H22N4OS/c26-20(17-7-3-1-4-8-17)18-11-13-23(14-12-18)16-25-21(27)24(15-22-25)19-9-5-2-6-10-19/h1-10,15,18H,11-14,16H2. The van der Waals surface area contributed by atoms with Gasteiger partial charge in [0, 0.05) is 30.3 Å². The Balaban J connectivity index is 1.38. The number of likely N-dealkylation sites (tertiary alicyclic amines) is 1. The van der Waals surface area contributed by atoms with Crippen LogP contribution in [-0.4, -0.2) is 38.1 Å². The number of rotatable bonds is 5. The van der Waals surface area contributed by atoms with E-state index in [9.17, 15) is 4.79 Å². The zero-order valence-corrected chi connectivity index (χ0v) is 15.9. The lowest BCUT2D eigenvalue weighted by Crippen LogP contribution is -2.37. The number of piperidine rings is 1. The molecule has 0 saturated carbocycles. The van der Waals surface area contributed by atoms with Gasteiger partial charge in [0.1, 0.15) is 6.33 Å². The number of para-hydroxylation sites is 1. The first-order chi connectivity index (χ1) is 13.2. The Labute approximate surface area is 163 Å². The van der Waals surface area contributed by atoms with Gasteiger partial charge in [-0.25, -0.2) is 4.68 Å². The van der Waals surface area contributed by atoms with E-state index < -0.39 is 0 Å². The summed E-state index contributed by atoms with van der Waals surface area (Å²) in [5.74, 6) is 0.374. The first-order valence-corrected chi connectivity index (χ1v) is 9.65. The van der Waals surface area contributed by atoms with E-state index in [-0.39, 0.29) is 11.7 Å². The van der Waals surface area contributed by atoms with E-state index in [2.05, 4.69) is 10.00 Å². The Morgan fingerprint density at radius 2 is 1.63 bits per heavy atom. The molecule has 138 valence electrons. The lowest BCUT2D eigenvalue weighted by molar-refractivity contribution is 0.0803. The number of Topliss-reactive ketones (excluding diaryl/α,β-unsaturated/α-hetero) is 1. The average Bonchev–Trinajstić information content (AvgIpc) is 3.09. The molecule has 1 fully saturated rings. The quantitative estimate of drug-likeness (QED) is 0.498. The number of carbonyl (C=O) groups excluding carboxylic acids is 1. The maximum absolute atomic E-state index is 12.6. The Bertz CT molecular complexity index is 957. The van der Waals surface area contributed by atoms with Crippen LogP contribution in [0.25, 0.3) is 5.69 Å². The molecule has 0 unspecified atom stereocenters. The Morgan fingerprint density at radius 1 is 1.00 bits per heavy atom. The summed E-state index contributed by atoms with van der Waals surface area (Å²) in [6.45, 7) is 2.41. The predicted molar refractivity (Wildman–Crippen MR) is 107 cm³/mol. The van der Waals surface area contributed by atoms with Gasteiger partial charge in [-0.3, -0.25) is 14.3 Å². The first-order valence-electron chi connectivity index (χ1n) is 9.24. The summed E-state index contributed by atoms with van der Waals surface area (Å²) in [4.78, 5) is 14.9. The lowest BCUT2D eigenvalue weighted by Gasteiger charge is -2.30. The highest BCUT2D eigenvalue weighted by atomic mass is 32.1. The Kier molecular flexibility index (Phi) is 5.27. The topological polar surface area (TPSA) is 43.1 Å². The average molecular weight is 379 g/mol. The van der Waals surface area contributed by atoms with Crippen molar-refractivity contribution in [2.45, 2.75) is 19.5 Å². The molecular formula is C21H22N4OS. The van der Waals surface area contributed by atoms with Crippen molar-refractivity contribution in [2.75, 3.05) is 13.1 Å². The van der Waals surface area contributed by atoms with Crippen molar-refractivity contribution < 1.29 is 4.79 Å². The van der Waals surface area contributed by atoms with Crippen molar-refractivity contribution in [3.05, 3.63) is 77.3 Å². The number of carbonyl (C=O) groups is 1. The highest BCUT2D eigenvalue weighted by molar-refractivity contribution is 7.71. The third kappa shape index (κ3) is 3.91. The largest absolute Gasteiger partial charge is 0.294 e. The number of nitrogens with zero attached hydrogens (tertiary/aromatic N) is 4. The minimum absolute atomic E-state index is 0.110. The predicted octanol–water partition coefficient (Wildman–Crippen LogP) is 3.96. The molecule has 6 heteroatoms. The van der Waals surface area contributed by atoms with Crippen molar-refractivity contribution in [3.63, 3.8) is 0 Å². The van der Waals surface area contributed by atoms with Gasteiger partial charge in [0.05, 0.1) is 6.67 Å². The van der Waals surface area contributed by atoms with Crippen molar-refractivity contribution in [2.24, 2.45) is 5.92 Å². The molecule has 2 heterocycles. The molecule has 5 nitrogen and oxygen atoms in total.